The summed E-state index contributed by atoms with van der Waals surface area (Å²) in [6.45, 7) is 1.86. The van der Waals surface area contributed by atoms with Gasteiger partial charge in [0.05, 0.1) is 12.6 Å². The Labute approximate surface area is 138 Å². The van der Waals surface area contributed by atoms with E-state index in [1.807, 2.05) is 9.80 Å². The first-order chi connectivity index (χ1) is 11.3. The number of hydrogen-bond acceptors (Lipinski definition) is 4. The van der Waals surface area contributed by atoms with E-state index in [2.05, 4.69) is 5.32 Å². The lowest BCUT2D eigenvalue weighted by atomic mass is 10.2. The molecule has 6 nitrogen and oxygen atoms in total. The highest BCUT2D eigenvalue weighted by Crippen LogP contribution is 2.24. The van der Waals surface area contributed by atoms with Crippen molar-refractivity contribution in [1.82, 2.24) is 20.0 Å². The zero-order valence-corrected chi connectivity index (χ0v) is 13.5. The van der Waals surface area contributed by atoms with Gasteiger partial charge in [-0.2, -0.15) is 13.2 Å². The fourth-order valence-electron chi connectivity index (χ4n) is 3.37. The molecule has 2 aliphatic heterocycles. The van der Waals surface area contributed by atoms with E-state index in [0.29, 0.717) is 45.2 Å². The minimum atomic E-state index is -4.35. The summed E-state index contributed by atoms with van der Waals surface area (Å²) in [5.74, 6) is -0.397. The Hall–Kier alpha value is -1.35. The second kappa shape index (κ2) is 6.87. The summed E-state index contributed by atoms with van der Waals surface area (Å²) in [5, 5.41) is 2.94. The highest BCUT2D eigenvalue weighted by Gasteiger charge is 2.42. The number of nitrogens with one attached hydrogen (secondary N) is 1. The zero-order valence-electron chi connectivity index (χ0n) is 13.5. The molecule has 136 valence electrons. The number of carbonyl (C=O) groups is 2. The third kappa shape index (κ3) is 4.60. The van der Waals surface area contributed by atoms with E-state index in [9.17, 15) is 22.8 Å². The number of likely N-dealkylation sites (tertiary alicyclic amines) is 1. The maximum absolute atomic E-state index is 12.5. The molecule has 3 fully saturated rings. The number of halogens is 3. The van der Waals surface area contributed by atoms with Gasteiger partial charge in [-0.3, -0.25) is 19.4 Å². The lowest BCUT2D eigenvalue weighted by molar-refractivity contribution is -0.159. The van der Waals surface area contributed by atoms with Crippen molar-refractivity contribution in [2.75, 3.05) is 45.8 Å². The van der Waals surface area contributed by atoms with Crippen LogP contribution in [0.3, 0.4) is 0 Å². The van der Waals surface area contributed by atoms with Crippen LogP contribution in [0.1, 0.15) is 19.3 Å². The standard InChI is InChI=1S/C15H23F3N4O2/c16-15(17,18)10-22-4-3-12(14(22)24)21-7-5-20(6-8-21)9-13(23)19-11-1-2-11/h11-12H,1-10H2,(H,19,23). The van der Waals surface area contributed by atoms with E-state index in [-0.39, 0.29) is 12.5 Å². The van der Waals surface area contributed by atoms with Gasteiger partial charge in [0.1, 0.15) is 6.54 Å². The van der Waals surface area contributed by atoms with Crippen LogP contribution in [0.5, 0.6) is 0 Å². The third-order valence-corrected chi connectivity index (χ3v) is 4.80. The van der Waals surface area contributed by atoms with E-state index in [1.165, 1.54) is 0 Å². The number of hydrogen-bond donors (Lipinski definition) is 1. The number of rotatable bonds is 5. The second-order valence-corrected chi connectivity index (χ2v) is 6.83. The first-order valence-electron chi connectivity index (χ1n) is 8.43. The molecule has 3 rings (SSSR count). The molecular formula is C15H23F3N4O2. The van der Waals surface area contributed by atoms with Crippen LogP contribution in [0.4, 0.5) is 13.2 Å². The maximum Gasteiger partial charge on any atom is 0.406 e. The smallest absolute Gasteiger partial charge is 0.352 e. The van der Waals surface area contributed by atoms with Crippen molar-refractivity contribution in [3.05, 3.63) is 0 Å². The molecule has 2 amide bonds. The van der Waals surface area contributed by atoms with Crippen molar-refractivity contribution < 1.29 is 22.8 Å². The number of piperazine rings is 1. The highest BCUT2D eigenvalue weighted by atomic mass is 19.4. The van der Waals surface area contributed by atoms with Gasteiger partial charge >= 0.3 is 6.18 Å². The summed E-state index contributed by atoms with van der Waals surface area (Å²) in [7, 11) is 0. The number of alkyl halides is 3. The van der Waals surface area contributed by atoms with Crippen molar-refractivity contribution in [1.29, 1.82) is 0 Å². The quantitative estimate of drug-likeness (QED) is 0.763. The minimum Gasteiger partial charge on any atom is -0.352 e. The normalized spacial score (nSPS) is 26.9. The SMILES string of the molecule is O=C(CN1CCN(C2CCN(CC(F)(F)F)C2=O)CC1)NC1CC1. The maximum atomic E-state index is 12.5. The zero-order chi connectivity index (χ0) is 17.3. The Kier molecular flexibility index (Phi) is 5.00. The van der Waals surface area contributed by atoms with Gasteiger partial charge in [0.25, 0.3) is 0 Å². The molecule has 1 aliphatic carbocycles. The Morgan fingerprint density at radius 3 is 2.33 bits per heavy atom. The summed E-state index contributed by atoms with van der Waals surface area (Å²) < 4.78 is 37.4. The topological polar surface area (TPSA) is 55.9 Å². The molecule has 2 saturated heterocycles. The molecule has 0 aromatic rings. The molecule has 9 heteroatoms. The number of nitrogens with zero attached hydrogens (tertiary/aromatic N) is 3. The Morgan fingerprint density at radius 1 is 1.08 bits per heavy atom. The van der Waals surface area contributed by atoms with Crippen LogP contribution >= 0.6 is 0 Å². The van der Waals surface area contributed by atoms with E-state index in [4.69, 9.17) is 0 Å². The molecule has 0 spiro atoms. The summed E-state index contributed by atoms with van der Waals surface area (Å²) in [4.78, 5) is 28.9. The summed E-state index contributed by atoms with van der Waals surface area (Å²) in [5.41, 5.74) is 0. The molecule has 3 aliphatic rings. The van der Waals surface area contributed by atoms with Crippen molar-refractivity contribution in [3.63, 3.8) is 0 Å². The Bertz CT molecular complexity index is 488. The number of carbonyl (C=O) groups excluding carboxylic acids is 2. The lowest BCUT2D eigenvalue weighted by Crippen LogP contribution is -2.54. The third-order valence-electron chi connectivity index (χ3n) is 4.80. The van der Waals surface area contributed by atoms with Crippen molar-refractivity contribution in [2.45, 2.75) is 37.5 Å². The fourth-order valence-corrected chi connectivity index (χ4v) is 3.37. The van der Waals surface area contributed by atoms with Gasteiger partial charge in [-0.25, -0.2) is 0 Å². The van der Waals surface area contributed by atoms with Crippen LogP contribution in [-0.2, 0) is 9.59 Å². The van der Waals surface area contributed by atoms with Gasteiger partial charge < -0.3 is 10.2 Å². The monoisotopic (exact) mass is 348 g/mol. The lowest BCUT2D eigenvalue weighted by Gasteiger charge is -2.37. The van der Waals surface area contributed by atoms with Crippen LogP contribution in [0.25, 0.3) is 0 Å². The molecule has 24 heavy (non-hydrogen) atoms. The van der Waals surface area contributed by atoms with Crippen LogP contribution in [-0.4, -0.2) is 90.6 Å². The van der Waals surface area contributed by atoms with Crippen LogP contribution < -0.4 is 5.32 Å². The summed E-state index contributed by atoms with van der Waals surface area (Å²) >= 11 is 0. The minimum absolute atomic E-state index is 0.0271. The number of amides is 2. The van der Waals surface area contributed by atoms with Crippen LogP contribution in [0, 0.1) is 0 Å². The van der Waals surface area contributed by atoms with Gasteiger partial charge in [-0.05, 0) is 19.3 Å². The van der Waals surface area contributed by atoms with Gasteiger partial charge in [-0.15, -0.1) is 0 Å². The molecule has 0 bridgehead atoms. The van der Waals surface area contributed by atoms with Gasteiger partial charge in [0.2, 0.25) is 11.8 Å². The average molecular weight is 348 g/mol. The molecule has 0 aromatic heterocycles. The van der Waals surface area contributed by atoms with Gasteiger partial charge in [0.15, 0.2) is 0 Å². The molecular weight excluding hydrogens is 325 g/mol. The van der Waals surface area contributed by atoms with Gasteiger partial charge in [-0.1, -0.05) is 0 Å². The molecule has 2 heterocycles. The molecule has 1 N–H and O–H groups in total. The van der Waals surface area contributed by atoms with Crippen LogP contribution in [0.2, 0.25) is 0 Å². The molecule has 0 aromatic carbocycles. The van der Waals surface area contributed by atoms with E-state index >= 15 is 0 Å². The summed E-state index contributed by atoms with van der Waals surface area (Å²) in [6, 6.07) is -0.107. The predicted molar refractivity (Wildman–Crippen MR) is 80.2 cm³/mol. The fraction of sp³-hybridized carbons (Fsp3) is 0.867. The Morgan fingerprint density at radius 2 is 1.75 bits per heavy atom. The average Bonchev–Trinajstić information content (AvgIpc) is 3.23. The summed E-state index contributed by atoms with van der Waals surface area (Å²) in [6.07, 6.45) is -1.80. The molecule has 1 unspecified atom stereocenters. The van der Waals surface area contributed by atoms with Crippen molar-refractivity contribution >= 4 is 11.8 Å². The Balaban J connectivity index is 1.43. The van der Waals surface area contributed by atoms with E-state index < -0.39 is 24.7 Å². The molecule has 0 radical (unpaired) electrons. The first kappa shape index (κ1) is 17.5. The highest BCUT2D eigenvalue weighted by molar-refractivity contribution is 5.84. The van der Waals surface area contributed by atoms with E-state index in [0.717, 1.165) is 17.7 Å². The second-order valence-electron chi connectivity index (χ2n) is 6.83. The van der Waals surface area contributed by atoms with E-state index in [1.54, 1.807) is 0 Å². The van der Waals surface area contributed by atoms with Gasteiger partial charge in [0, 0.05) is 38.8 Å². The van der Waals surface area contributed by atoms with Crippen molar-refractivity contribution in [2.24, 2.45) is 0 Å². The first-order valence-corrected chi connectivity index (χ1v) is 8.43. The largest absolute Gasteiger partial charge is 0.406 e. The molecule has 1 saturated carbocycles. The predicted octanol–water partition coefficient (Wildman–Crippen LogP) is 0.0458. The van der Waals surface area contributed by atoms with Crippen molar-refractivity contribution in [3.8, 4) is 0 Å². The van der Waals surface area contributed by atoms with Crippen LogP contribution in [0.15, 0.2) is 0 Å². The molecule has 1 atom stereocenters.